The van der Waals surface area contributed by atoms with Crippen molar-refractivity contribution in [3.63, 3.8) is 0 Å². The molecule has 1 rings (SSSR count). The summed E-state index contributed by atoms with van der Waals surface area (Å²) in [6, 6.07) is 0.0162. The molecule has 0 aromatic rings. The Morgan fingerprint density at radius 2 is 2.36 bits per heavy atom. The Morgan fingerprint density at radius 1 is 1.73 bits per heavy atom. The molecule has 1 amide bonds. The summed E-state index contributed by atoms with van der Waals surface area (Å²) in [4.78, 5) is 13.2. The van der Waals surface area contributed by atoms with Crippen LogP contribution in [0, 0.1) is 0 Å². The van der Waals surface area contributed by atoms with Crippen LogP contribution in [0.25, 0.3) is 0 Å². The van der Waals surface area contributed by atoms with Crippen molar-refractivity contribution in [1.29, 1.82) is 0 Å². The van der Waals surface area contributed by atoms with Crippen molar-refractivity contribution in [3.8, 4) is 0 Å². The van der Waals surface area contributed by atoms with Crippen molar-refractivity contribution in [2.24, 2.45) is 5.73 Å². The molecule has 0 radical (unpaired) electrons. The van der Waals surface area contributed by atoms with E-state index in [0.29, 0.717) is 4.99 Å². The van der Waals surface area contributed by atoms with E-state index in [-0.39, 0.29) is 11.9 Å². The largest absolute Gasteiger partial charge is 0.392 e. The maximum Gasteiger partial charge on any atom is 0.220 e. The minimum Gasteiger partial charge on any atom is -0.392 e. The number of hydrogen-bond donors (Lipinski definition) is 1. The number of nitrogens with two attached hydrogens (primary N) is 1. The molecule has 0 aromatic heterocycles. The highest BCUT2D eigenvalue weighted by Gasteiger charge is 2.27. The molecule has 1 fully saturated rings. The van der Waals surface area contributed by atoms with Crippen molar-refractivity contribution < 1.29 is 4.79 Å². The van der Waals surface area contributed by atoms with Gasteiger partial charge in [0, 0.05) is 13.5 Å². The normalized spacial score (nSPS) is 23.7. The van der Waals surface area contributed by atoms with E-state index in [4.69, 9.17) is 18.0 Å². The van der Waals surface area contributed by atoms with Gasteiger partial charge in [0.15, 0.2) is 0 Å². The number of amides is 1. The minimum atomic E-state index is 0.0162. The van der Waals surface area contributed by atoms with Crippen molar-refractivity contribution in [3.05, 3.63) is 0 Å². The van der Waals surface area contributed by atoms with Gasteiger partial charge in [-0.15, -0.1) is 0 Å². The average Bonchev–Trinajstić information content (AvgIpc) is 2.32. The van der Waals surface area contributed by atoms with Gasteiger partial charge in [-0.3, -0.25) is 4.79 Å². The lowest BCUT2D eigenvalue weighted by molar-refractivity contribution is -0.128. The summed E-state index contributed by atoms with van der Waals surface area (Å²) in [7, 11) is 0. The SMILES string of the molecule is CC(=O)N1CCC[C@H]1C(N)=S. The van der Waals surface area contributed by atoms with Crippen molar-refractivity contribution >= 4 is 23.1 Å². The highest BCUT2D eigenvalue weighted by molar-refractivity contribution is 7.80. The van der Waals surface area contributed by atoms with Gasteiger partial charge >= 0.3 is 0 Å². The predicted molar refractivity (Wildman–Crippen MR) is 47.2 cm³/mol. The number of carbonyl (C=O) groups excluding carboxylic acids is 1. The highest BCUT2D eigenvalue weighted by Crippen LogP contribution is 2.16. The third-order valence-electron chi connectivity index (χ3n) is 1.99. The number of rotatable bonds is 1. The van der Waals surface area contributed by atoms with E-state index in [1.807, 2.05) is 0 Å². The van der Waals surface area contributed by atoms with Crippen molar-refractivity contribution in [2.75, 3.05) is 6.54 Å². The van der Waals surface area contributed by atoms with Crippen molar-refractivity contribution in [2.45, 2.75) is 25.8 Å². The van der Waals surface area contributed by atoms with Gasteiger partial charge in [0.25, 0.3) is 0 Å². The van der Waals surface area contributed by atoms with Crippen LogP contribution in [0.5, 0.6) is 0 Å². The molecule has 1 aliphatic rings. The second-order valence-corrected chi connectivity index (χ2v) is 3.24. The Balaban J connectivity index is 2.65. The maximum atomic E-state index is 11.0. The smallest absolute Gasteiger partial charge is 0.220 e. The van der Waals surface area contributed by atoms with Crippen LogP contribution in [0.3, 0.4) is 0 Å². The fraction of sp³-hybridized carbons (Fsp3) is 0.714. The third-order valence-corrected chi connectivity index (χ3v) is 2.26. The van der Waals surface area contributed by atoms with Crippen LogP contribution in [0.1, 0.15) is 19.8 Å². The van der Waals surface area contributed by atoms with E-state index in [1.54, 1.807) is 11.8 Å². The molecular formula is C7H12N2OS. The molecule has 11 heavy (non-hydrogen) atoms. The highest BCUT2D eigenvalue weighted by atomic mass is 32.1. The zero-order chi connectivity index (χ0) is 8.43. The number of likely N-dealkylation sites (tertiary alicyclic amines) is 1. The molecule has 0 aromatic carbocycles. The first-order valence-corrected chi connectivity index (χ1v) is 4.10. The minimum absolute atomic E-state index is 0.0162. The van der Waals surface area contributed by atoms with Gasteiger partial charge in [0.2, 0.25) is 5.91 Å². The molecule has 0 saturated carbocycles. The molecular weight excluding hydrogens is 160 g/mol. The first-order chi connectivity index (χ1) is 5.13. The summed E-state index contributed by atoms with van der Waals surface area (Å²) in [5.41, 5.74) is 5.46. The van der Waals surface area contributed by atoms with Gasteiger partial charge in [-0.1, -0.05) is 12.2 Å². The number of hydrogen-bond acceptors (Lipinski definition) is 2. The van der Waals surface area contributed by atoms with Gasteiger partial charge in [0.05, 0.1) is 11.0 Å². The number of carbonyl (C=O) groups is 1. The molecule has 0 aliphatic carbocycles. The average molecular weight is 172 g/mol. The lowest BCUT2D eigenvalue weighted by atomic mass is 10.2. The molecule has 1 aliphatic heterocycles. The van der Waals surface area contributed by atoms with Crippen LogP contribution in [0.4, 0.5) is 0 Å². The molecule has 2 N–H and O–H groups in total. The molecule has 4 heteroatoms. The Bertz CT molecular complexity index is 173. The molecule has 1 heterocycles. The Hall–Kier alpha value is -0.640. The summed E-state index contributed by atoms with van der Waals surface area (Å²) in [5, 5.41) is 0. The molecule has 1 saturated heterocycles. The summed E-state index contributed by atoms with van der Waals surface area (Å²) >= 11 is 4.84. The van der Waals surface area contributed by atoms with E-state index in [2.05, 4.69) is 0 Å². The van der Waals surface area contributed by atoms with E-state index < -0.39 is 0 Å². The van der Waals surface area contributed by atoms with Gasteiger partial charge in [0.1, 0.15) is 0 Å². The zero-order valence-electron chi connectivity index (χ0n) is 6.54. The number of nitrogens with zero attached hydrogens (tertiary/aromatic N) is 1. The van der Waals surface area contributed by atoms with Crippen LogP contribution in [0.15, 0.2) is 0 Å². The van der Waals surface area contributed by atoms with Crippen LogP contribution in [0.2, 0.25) is 0 Å². The second kappa shape index (κ2) is 3.17. The van der Waals surface area contributed by atoms with Crippen LogP contribution < -0.4 is 5.73 Å². The summed E-state index contributed by atoms with van der Waals surface area (Å²) < 4.78 is 0. The molecule has 1 atom stereocenters. The lowest BCUT2D eigenvalue weighted by Crippen LogP contribution is -2.41. The molecule has 0 spiro atoms. The Labute approximate surface area is 71.5 Å². The predicted octanol–water partition coefficient (Wildman–Crippen LogP) is 0.283. The van der Waals surface area contributed by atoms with E-state index in [1.165, 1.54) is 0 Å². The standard InChI is InChI=1S/C7H12N2OS/c1-5(10)9-4-2-3-6(9)7(8)11/h6H,2-4H2,1H3,(H2,8,11)/t6-/m0/s1. The molecule has 62 valence electrons. The molecule has 0 unspecified atom stereocenters. The van der Waals surface area contributed by atoms with Crippen LogP contribution in [-0.4, -0.2) is 28.4 Å². The van der Waals surface area contributed by atoms with Gasteiger partial charge in [-0.2, -0.15) is 0 Å². The first kappa shape index (κ1) is 8.46. The van der Waals surface area contributed by atoms with Crippen LogP contribution >= 0.6 is 12.2 Å². The van der Waals surface area contributed by atoms with E-state index in [9.17, 15) is 4.79 Å². The Kier molecular flexibility index (Phi) is 2.44. The third kappa shape index (κ3) is 1.68. The monoisotopic (exact) mass is 172 g/mol. The number of thiocarbonyl (C=S) groups is 1. The summed E-state index contributed by atoms with van der Waals surface area (Å²) in [5.74, 6) is 0.0697. The lowest BCUT2D eigenvalue weighted by Gasteiger charge is -2.21. The fourth-order valence-electron chi connectivity index (χ4n) is 1.44. The molecule has 3 nitrogen and oxygen atoms in total. The van der Waals surface area contributed by atoms with E-state index in [0.717, 1.165) is 19.4 Å². The second-order valence-electron chi connectivity index (χ2n) is 2.77. The quantitative estimate of drug-likeness (QED) is 0.578. The van der Waals surface area contributed by atoms with Gasteiger partial charge < -0.3 is 10.6 Å². The summed E-state index contributed by atoms with van der Waals surface area (Å²) in [6.45, 7) is 2.36. The summed E-state index contributed by atoms with van der Waals surface area (Å²) in [6.07, 6.45) is 1.94. The van der Waals surface area contributed by atoms with E-state index >= 15 is 0 Å². The fourth-order valence-corrected chi connectivity index (χ4v) is 1.68. The maximum absolute atomic E-state index is 11.0. The zero-order valence-corrected chi connectivity index (χ0v) is 7.36. The molecule has 0 bridgehead atoms. The van der Waals surface area contributed by atoms with Crippen LogP contribution in [-0.2, 0) is 4.79 Å². The van der Waals surface area contributed by atoms with Gasteiger partial charge in [-0.25, -0.2) is 0 Å². The van der Waals surface area contributed by atoms with Gasteiger partial charge in [-0.05, 0) is 12.8 Å². The Morgan fingerprint density at radius 3 is 2.73 bits per heavy atom. The topological polar surface area (TPSA) is 46.3 Å². The van der Waals surface area contributed by atoms with Crippen molar-refractivity contribution in [1.82, 2.24) is 4.90 Å². The first-order valence-electron chi connectivity index (χ1n) is 3.69.